The maximum absolute atomic E-state index is 11.7. The van der Waals surface area contributed by atoms with Crippen LogP contribution < -0.4 is 0 Å². The molecule has 0 N–H and O–H groups in total. The number of aryl methyl sites for hydroxylation is 1. The Hall–Kier alpha value is -0.900. The van der Waals surface area contributed by atoms with Gasteiger partial charge in [0.05, 0.1) is 9.73 Å². The number of pyridine rings is 1. The van der Waals surface area contributed by atoms with Crippen LogP contribution in [0.1, 0.15) is 12.1 Å². The second-order valence-electron chi connectivity index (χ2n) is 3.26. The van der Waals surface area contributed by atoms with Gasteiger partial charge in [0, 0.05) is 17.2 Å². The van der Waals surface area contributed by atoms with E-state index in [9.17, 15) is 4.21 Å². The molecule has 4 heteroatoms. The number of aromatic nitrogens is 1. The van der Waals surface area contributed by atoms with Gasteiger partial charge in [0.25, 0.3) is 0 Å². The highest BCUT2D eigenvalue weighted by Gasteiger charge is 2.19. The van der Waals surface area contributed by atoms with Crippen molar-refractivity contribution in [2.75, 3.05) is 11.5 Å². The van der Waals surface area contributed by atoms with E-state index in [0.29, 0.717) is 5.82 Å². The van der Waals surface area contributed by atoms with Crippen LogP contribution in [0.5, 0.6) is 0 Å². The maximum Gasteiger partial charge on any atom is 0.161 e. The molecule has 2 rings (SSSR count). The third-order valence-corrected chi connectivity index (χ3v) is 4.43. The zero-order valence-corrected chi connectivity index (χ0v) is 8.38. The zero-order valence-electron chi connectivity index (χ0n) is 7.56. The molecule has 0 spiro atoms. The largest absolute Gasteiger partial charge is 0.249 e. The van der Waals surface area contributed by atoms with Gasteiger partial charge in [-0.05, 0) is 25.5 Å². The highest BCUT2D eigenvalue weighted by molar-refractivity contribution is 7.95. The van der Waals surface area contributed by atoms with Crippen LogP contribution >= 0.6 is 0 Å². The molecule has 0 radical (unpaired) electrons. The van der Waals surface area contributed by atoms with Crippen molar-refractivity contribution in [2.24, 2.45) is 4.36 Å². The summed E-state index contributed by atoms with van der Waals surface area (Å²) < 4.78 is 15.9. The average molecular weight is 196 g/mol. The molecule has 0 saturated carbocycles. The fourth-order valence-electron chi connectivity index (χ4n) is 1.23. The highest BCUT2D eigenvalue weighted by atomic mass is 32.2. The molecule has 3 nitrogen and oxygen atoms in total. The second-order valence-corrected chi connectivity index (χ2v) is 5.81. The van der Waals surface area contributed by atoms with E-state index in [0.717, 1.165) is 23.6 Å². The van der Waals surface area contributed by atoms with Crippen molar-refractivity contribution in [1.82, 2.24) is 4.98 Å². The normalized spacial score (nSPS) is 19.2. The number of hydrogen-bond donors (Lipinski definition) is 0. The first-order chi connectivity index (χ1) is 6.18. The van der Waals surface area contributed by atoms with Crippen molar-refractivity contribution in [1.29, 1.82) is 0 Å². The van der Waals surface area contributed by atoms with Gasteiger partial charge in [-0.15, -0.1) is 0 Å². The Kier molecular flexibility index (Phi) is 2.07. The van der Waals surface area contributed by atoms with E-state index in [1.54, 1.807) is 6.07 Å². The fourth-order valence-corrected chi connectivity index (χ4v) is 2.64. The molecule has 0 aromatic carbocycles. The summed E-state index contributed by atoms with van der Waals surface area (Å²) in [7, 11) is -1.90. The first kappa shape index (κ1) is 8.69. The van der Waals surface area contributed by atoms with Crippen LogP contribution in [0.2, 0.25) is 0 Å². The van der Waals surface area contributed by atoms with Crippen molar-refractivity contribution in [2.45, 2.75) is 13.3 Å². The van der Waals surface area contributed by atoms with Gasteiger partial charge in [-0.25, -0.2) is 9.19 Å². The molecular formula is C9H12N2OS. The Morgan fingerprint density at radius 1 is 1.46 bits per heavy atom. The molecular weight excluding hydrogens is 184 g/mol. The molecule has 1 aromatic rings. The van der Waals surface area contributed by atoms with Gasteiger partial charge in [0.2, 0.25) is 0 Å². The Morgan fingerprint density at radius 3 is 2.77 bits per heavy atom. The van der Waals surface area contributed by atoms with Gasteiger partial charge < -0.3 is 0 Å². The molecule has 0 amide bonds. The molecule has 70 valence electrons. The summed E-state index contributed by atoms with van der Waals surface area (Å²) in [5, 5.41) is 0. The molecule has 0 aliphatic carbocycles. The number of hydrogen-bond acceptors (Lipinski definition) is 3. The summed E-state index contributed by atoms with van der Waals surface area (Å²) >= 11 is 0. The lowest BCUT2D eigenvalue weighted by molar-refractivity contribution is 0.663. The topological polar surface area (TPSA) is 42.3 Å². The minimum absolute atomic E-state index is 0.615. The summed E-state index contributed by atoms with van der Waals surface area (Å²) in [5.74, 6) is 2.09. The van der Waals surface area contributed by atoms with E-state index in [1.165, 1.54) is 0 Å². The first-order valence-corrected chi connectivity index (χ1v) is 6.19. The van der Waals surface area contributed by atoms with Gasteiger partial charge in [0.1, 0.15) is 0 Å². The molecule has 0 bridgehead atoms. The van der Waals surface area contributed by atoms with Crippen LogP contribution in [0.3, 0.4) is 0 Å². The summed E-state index contributed by atoms with van der Waals surface area (Å²) in [5.41, 5.74) is 0.920. The lowest BCUT2D eigenvalue weighted by atomic mass is 10.4. The van der Waals surface area contributed by atoms with Crippen LogP contribution in [-0.2, 0) is 9.73 Å². The van der Waals surface area contributed by atoms with Gasteiger partial charge >= 0.3 is 0 Å². The molecule has 0 unspecified atom stereocenters. The third kappa shape index (κ3) is 1.88. The van der Waals surface area contributed by atoms with E-state index >= 15 is 0 Å². The first-order valence-electron chi connectivity index (χ1n) is 4.34. The molecule has 13 heavy (non-hydrogen) atoms. The standard InChI is InChI=1S/C9H12N2OS/c1-8-4-2-5-9(10-8)11-13(12)6-3-7-13/h2,4-5H,3,6-7H2,1H3. The van der Waals surface area contributed by atoms with Gasteiger partial charge in [-0.1, -0.05) is 6.07 Å². The van der Waals surface area contributed by atoms with E-state index < -0.39 is 9.73 Å². The molecule has 1 aliphatic heterocycles. The monoisotopic (exact) mass is 196 g/mol. The van der Waals surface area contributed by atoms with Crippen LogP contribution in [-0.4, -0.2) is 20.7 Å². The number of nitrogens with zero attached hydrogens (tertiary/aromatic N) is 2. The lowest BCUT2D eigenvalue weighted by Gasteiger charge is -2.17. The molecule has 1 fully saturated rings. The van der Waals surface area contributed by atoms with E-state index in [-0.39, 0.29) is 0 Å². The average Bonchev–Trinajstić information content (AvgIpc) is 2.01. The lowest BCUT2D eigenvalue weighted by Crippen LogP contribution is -2.23. The molecule has 1 aromatic heterocycles. The Labute approximate surface area is 78.4 Å². The summed E-state index contributed by atoms with van der Waals surface area (Å²) in [4.78, 5) is 4.19. The Balaban J connectivity index is 2.37. The van der Waals surface area contributed by atoms with Crippen LogP contribution in [0.4, 0.5) is 5.82 Å². The van der Waals surface area contributed by atoms with Crippen LogP contribution in [0.25, 0.3) is 0 Å². The van der Waals surface area contributed by atoms with Gasteiger partial charge in [0.15, 0.2) is 5.82 Å². The predicted octanol–water partition coefficient (Wildman–Crippen LogP) is 1.89. The fraction of sp³-hybridized carbons (Fsp3) is 0.444. The zero-order chi connectivity index (χ0) is 9.31. The van der Waals surface area contributed by atoms with Gasteiger partial charge in [-0.2, -0.15) is 4.36 Å². The minimum Gasteiger partial charge on any atom is -0.249 e. The second kappa shape index (κ2) is 3.10. The highest BCUT2D eigenvalue weighted by Crippen LogP contribution is 2.19. The Bertz CT molecular complexity index is 423. The van der Waals surface area contributed by atoms with Crippen molar-refractivity contribution in [3.8, 4) is 0 Å². The SMILES string of the molecule is Cc1cccc(N=S2(=O)CCC2)n1. The maximum atomic E-state index is 11.7. The van der Waals surface area contributed by atoms with Crippen molar-refractivity contribution in [3.05, 3.63) is 23.9 Å². The number of rotatable bonds is 1. The van der Waals surface area contributed by atoms with E-state index in [1.807, 2.05) is 19.1 Å². The summed E-state index contributed by atoms with van der Waals surface area (Å²) in [6.07, 6.45) is 1.04. The van der Waals surface area contributed by atoms with Crippen LogP contribution in [0.15, 0.2) is 22.6 Å². The molecule has 1 aliphatic rings. The van der Waals surface area contributed by atoms with E-state index in [2.05, 4.69) is 9.35 Å². The third-order valence-electron chi connectivity index (χ3n) is 2.06. The summed E-state index contributed by atoms with van der Waals surface area (Å²) in [6, 6.07) is 5.60. The molecule has 0 atom stereocenters. The quantitative estimate of drug-likeness (QED) is 0.688. The predicted molar refractivity (Wildman–Crippen MR) is 53.6 cm³/mol. The minimum atomic E-state index is -1.90. The van der Waals surface area contributed by atoms with E-state index in [4.69, 9.17) is 0 Å². The van der Waals surface area contributed by atoms with Crippen molar-refractivity contribution in [3.63, 3.8) is 0 Å². The summed E-state index contributed by atoms with van der Waals surface area (Å²) in [6.45, 7) is 1.91. The smallest absolute Gasteiger partial charge is 0.161 e. The molecule has 1 saturated heterocycles. The molecule has 2 heterocycles. The van der Waals surface area contributed by atoms with Gasteiger partial charge in [-0.3, -0.25) is 0 Å². The van der Waals surface area contributed by atoms with Crippen molar-refractivity contribution < 1.29 is 4.21 Å². The van der Waals surface area contributed by atoms with Crippen LogP contribution in [0, 0.1) is 6.92 Å². The Morgan fingerprint density at radius 2 is 2.23 bits per heavy atom. The van der Waals surface area contributed by atoms with Crippen molar-refractivity contribution >= 4 is 15.5 Å².